The zero-order valence-electron chi connectivity index (χ0n) is 10.4. The molecule has 0 aliphatic heterocycles. The zero-order chi connectivity index (χ0) is 13.0. The van der Waals surface area contributed by atoms with Crippen LogP contribution in [0.4, 0.5) is 5.69 Å². The van der Waals surface area contributed by atoms with Crippen molar-refractivity contribution < 1.29 is 4.74 Å². The summed E-state index contributed by atoms with van der Waals surface area (Å²) in [4.78, 5) is 0.665. The maximum Gasteiger partial charge on any atom is 0.129 e. The molecule has 3 heteroatoms. The van der Waals surface area contributed by atoms with E-state index in [0.717, 1.165) is 22.6 Å². The Labute approximate surface area is 113 Å². The third-order valence-electron chi connectivity index (χ3n) is 2.63. The Balaban J connectivity index is 2.24. The molecule has 2 aromatic rings. The molecule has 0 aromatic heterocycles. The number of hydrogen-bond acceptors (Lipinski definition) is 2. The predicted molar refractivity (Wildman–Crippen MR) is 79.5 cm³/mol. The van der Waals surface area contributed by atoms with Crippen LogP contribution in [0.25, 0.3) is 0 Å². The number of methoxy groups -OCH3 is 1. The SMILES string of the molecule is COc1cc(C)ccc1C(=S)Nc1ccccc1. The van der Waals surface area contributed by atoms with Crippen molar-refractivity contribution in [1.29, 1.82) is 0 Å². The average Bonchev–Trinajstić information content (AvgIpc) is 2.39. The number of thiocarbonyl (C=S) groups is 1. The molecule has 1 N–H and O–H groups in total. The van der Waals surface area contributed by atoms with Crippen molar-refractivity contribution in [1.82, 2.24) is 0 Å². The van der Waals surface area contributed by atoms with E-state index in [2.05, 4.69) is 5.32 Å². The Morgan fingerprint density at radius 1 is 1.11 bits per heavy atom. The van der Waals surface area contributed by atoms with Gasteiger partial charge >= 0.3 is 0 Å². The lowest BCUT2D eigenvalue weighted by Gasteiger charge is -2.12. The van der Waals surface area contributed by atoms with E-state index in [1.54, 1.807) is 7.11 Å². The molecule has 18 heavy (non-hydrogen) atoms. The van der Waals surface area contributed by atoms with Gasteiger partial charge < -0.3 is 10.1 Å². The van der Waals surface area contributed by atoms with Crippen LogP contribution in [0.2, 0.25) is 0 Å². The first-order valence-corrected chi connectivity index (χ1v) is 6.12. The van der Waals surface area contributed by atoms with E-state index in [1.807, 2.05) is 55.5 Å². The van der Waals surface area contributed by atoms with Crippen LogP contribution in [0.5, 0.6) is 5.75 Å². The summed E-state index contributed by atoms with van der Waals surface area (Å²) in [5.74, 6) is 0.795. The Bertz CT molecular complexity index is 552. The van der Waals surface area contributed by atoms with Gasteiger partial charge in [-0.1, -0.05) is 36.5 Å². The second kappa shape index (κ2) is 5.65. The summed E-state index contributed by atoms with van der Waals surface area (Å²) < 4.78 is 5.36. The monoisotopic (exact) mass is 257 g/mol. The number of hydrogen-bond donors (Lipinski definition) is 1. The normalized spacial score (nSPS) is 9.89. The fourth-order valence-electron chi connectivity index (χ4n) is 1.71. The Morgan fingerprint density at radius 2 is 1.83 bits per heavy atom. The van der Waals surface area contributed by atoms with Gasteiger partial charge in [0.25, 0.3) is 0 Å². The van der Waals surface area contributed by atoms with Crippen molar-refractivity contribution in [3.8, 4) is 5.75 Å². The number of aryl methyl sites for hydroxylation is 1. The van der Waals surface area contributed by atoms with Crippen LogP contribution in [-0.2, 0) is 0 Å². The molecular formula is C15H15NOS. The van der Waals surface area contributed by atoms with Gasteiger partial charge in [0.1, 0.15) is 10.7 Å². The minimum atomic E-state index is 0.665. The highest BCUT2D eigenvalue weighted by Gasteiger charge is 2.08. The highest BCUT2D eigenvalue weighted by molar-refractivity contribution is 7.81. The fourth-order valence-corrected chi connectivity index (χ4v) is 1.99. The van der Waals surface area contributed by atoms with Crippen molar-refractivity contribution in [3.63, 3.8) is 0 Å². The van der Waals surface area contributed by atoms with Crippen LogP contribution in [0, 0.1) is 6.92 Å². The summed E-state index contributed by atoms with van der Waals surface area (Å²) >= 11 is 5.41. The van der Waals surface area contributed by atoms with Crippen LogP contribution in [-0.4, -0.2) is 12.1 Å². The lowest BCUT2D eigenvalue weighted by Crippen LogP contribution is -2.11. The largest absolute Gasteiger partial charge is 0.496 e. The lowest BCUT2D eigenvalue weighted by molar-refractivity contribution is 0.414. The Hall–Kier alpha value is -1.87. The van der Waals surface area contributed by atoms with Gasteiger partial charge in [0.15, 0.2) is 0 Å². The predicted octanol–water partition coefficient (Wildman–Crippen LogP) is 3.79. The highest BCUT2D eigenvalue weighted by Crippen LogP contribution is 2.21. The fraction of sp³-hybridized carbons (Fsp3) is 0.133. The van der Waals surface area contributed by atoms with E-state index < -0.39 is 0 Å². The van der Waals surface area contributed by atoms with Crippen molar-refractivity contribution in [2.75, 3.05) is 12.4 Å². The van der Waals surface area contributed by atoms with Gasteiger partial charge in [0.2, 0.25) is 0 Å². The molecule has 0 fully saturated rings. The Morgan fingerprint density at radius 3 is 2.50 bits per heavy atom. The molecule has 0 unspecified atom stereocenters. The quantitative estimate of drug-likeness (QED) is 0.845. The van der Waals surface area contributed by atoms with Gasteiger partial charge in [0, 0.05) is 5.69 Å². The van der Waals surface area contributed by atoms with Crippen LogP contribution in [0.1, 0.15) is 11.1 Å². The number of ether oxygens (including phenoxy) is 1. The van der Waals surface area contributed by atoms with E-state index in [9.17, 15) is 0 Å². The number of anilines is 1. The third kappa shape index (κ3) is 2.87. The molecule has 0 saturated heterocycles. The number of rotatable bonds is 3. The average molecular weight is 257 g/mol. The summed E-state index contributed by atoms with van der Waals surface area (Å²) in [5, 5.41) is 3.20. The van der Waals surface area contributed by atoms with Crippen molar-refractivity contribution in [2.24, 2.45) is 0 Å². The van der Waals surface area contributed by atoms with Crippen molar-refractivity contribution >= 4 is 22.9 Å². The molecule has 0 amide bonds. The van der Waals surface area contributed by atoms with E-state index in [1.165, 1.54) is 0 Å². The molecule has 0 saturated carbocycles. The summed E-state index contributed by atoms with van der Waals surface area (Å²) in [6.45, 7) is 2.03. The minimum absolute atomic E-state index is 0.665. The first-order valence-electron chi connectivity index (χ1n) is 5.72. The van der Waals surface area contributed by atoms with Gasteiger partial charge in [-0.2, -0.15) is 0 Å². The molecule has 92 valence electrons. The highest BCUT2D eigenvalue weighted by atomic mass is 32.1. The first kappa shape index (κ1) is 12.6. The van der Waals surface area contributed by atoms with Gasteiger partial charge in [0.05, 0.1) is 12.7 Å². The molecule has 0 heterocycles. The second-order valence-electron chi connectivity index (χ2n) is 4.02. The summed E-state index contributed by atoms with van der Waals surface area (Å²) in [5.41, 5.74) is 3.03. The zero-order valence-corrected chi connectivity index (χ0v) is 11.3. The molecule has 0 spiro atoms. The molecule has 0 aliphatic rings. The minimum Gasteiger partial charge on any atom is -0.496 e. The topological polar surface area (TPSA) is 21.3 Å². The Kier molecular flexibility index (Phi) is 3.95. The second-order valence-corrected chi connectivity index (χ2v) is 4.43. The molecular weight excluding hydrogens is 242 g/mol. The first-order chi connectivity index (χ1) is 8.70. The number of nitrogens with one attached hydrogen (secondary N) is 1. The molecule has 2 nitrogen and oxygen atoms in total. The van der Waals surface area contributed by atoms with Gasteiger partial charge in [-0.05, 0) is 36.8 Å². The summed E-state index contributed by atoms with van der Waals surface area (Å²) in [7, 11) is 1.66. The van der Waals surface area contributed by atoms with E-state index in [4.69, 9.17) is 17.0 Å². The molecule has 0 atom stereocenters. The molecule has 0 bridgehead atoms. The third-order valence-corrected chi connectivity index (χ3v) is 2.96. The number of benzene rings is 2. The van der Waals surface area contributed by atoms with E-state index in [-0.39, 0.29) is 0 Å². The maximum atomic E-state index is 5.41. The number of para-hydroxylation sites is 1. The van der Waals surface area contributed by atoms with Gasteiger partial charge in [-0.15, -0.1) is 0 Å². The van der Waals surface area contributed by atoms with Crippen LogP contribution in [0.3, 0.4) is 0 Å². The molecule has 2 rings (SSSR count). The molecule has 2 aromatic carbocycles. The maximum absolute atomic E-state index is 5.41. The summed E-state index contributed by atoms with van der Waals surface area (Å²) in [6.07, 6.45) is 0. The van der Waals surface area contributed by atoms with Gasteiger partial charge in [-0.25, -0.2) is 0 Å². The van der Waals surface area contributed by atoms with Crippen LogP contribution >= 0.6 is 12.2 Å². The van der Waals surface area contributed by atoms with E-state index in [0.29, 0.717) is 4.99 Å². The van der Waals surface area contributed by atoms with Gasteiger partial charge in [-0.3, -0.25) is 0 Å². The van der Waals surface area contributed by atoms with Crippen LogP contribution < -0.4 is 10.1 Å². The van der Waals surface area contributed by atoms with Crippen molar-refractivity contribution in [3.05, 3.63) is 59.7 Å². The molecule has 0 aliphatic carbocycles. The molecule has 0 radical (unpaired) electrons. The van der Waals surface area contributed by atoms with Crippen molar-refractivity contribution in [2.45, 2.75) is 6.92 Å². The van der Waals surface area contributed by atoms with E-state index >= 15 is 0 Å². The van der Waals surface area contributed by atoms with Crippen LogP contribution in [0.15, 0.2) is 48.5 Å². The standard InChI is InChI=1S/C15H15NOS/c1-11-8-9-13(14(10-11)17-2)15(18)16-12-6-4-3-5-7-12/h3-10H,1-2H3,(H,16,18). The summed E-state index contributed by atoms with van der Waals surface area (Å²) in [6, 6.07) is 15.9. The smallest absolute Gasteiger partial charge is 0.129 e. The lowest BCUT2D eigenvalue weighted by atomic mass is 10.1.